The van der Waals surface area contributed by atoms with Crippen LogP contribution >= 0.6 is 11.8 Å². The average molecular weight is 255 g/mol. The average Bonchev–Trinajstić information content (AvgIpc) is 2.25. The van der Waals surface area contributed by atoms with Crippen LogP contribution in [0.3, 0.4) is 0 Å². The van der Waals surface area contributed by atoms with E-state index < -0.39 is 16.1 Å². The van der Waals surface area contributed by atoms with E-state index >= 15 is 0 Å². The Balaban J connectivity index is 3.07. The fourth-order valence-electron chi connectivity index (χ4n) is 1.33. The summed E-state index contributed by atoms with van der Waals surface area (Å²) in [6.07, 6.45) is 0.422. The van der Waals surface area contributed by atoms with Crippen LogP contribution in [0.5, 0.6) is 0 Å². The number of carbonyl (C=O) groups is 1. The van der Waals surface area contributed by atoms with Gasteiger partial charge in [0.2, 0.25) is 0 Å². The topological polar surface area (TPSA) is 80.4 Å². The summed E-state index contributed by atoms with van der Waals surface area (Å²) in [6, 6.07) is 4.70. The summed E-state index contributed by atoms with van der Waals surface area (Å²) in [7, 11) is 0. The fraction of sp³-hybridized carbons (Fsp3) is 0.364. The van der Waals surface area contributed by atoms with E-state index in [1.807, 2.05) is 6.92 Å². The lowest BCUT2D eigenvalue weighted by molar-refractivity contribution is -0.387. The van der Waals surface area contributed by atoms with Gasteiger partial charge in [0.1, 0.15) is 5.25 Å². The maximum atomic E-state index is 10.9. The minimum absolute atomic E-state index is 0.0414. The Morgan fingerprint density at radius 2 is 2.24 bits per heavy atom. The Morgan fingerprint density at radius 3 is 2.71 bits per heavy atom. The maximum Gasteiger partial charge on any atom is 0.316 e. The predicted octanol–water partition coefficient (Wildman–Crippen LogP) is 2.86. The molecule has 0 radical (unpaired) electrons. The first-order chi connectivity index (χ1) is 7.95. The Kier molecular flexibility index (Phi) is 4.51. The van der Waals surface area contributed by atoms with Crippen molar-refractivity contribution in [3.05, 3.63) is 33.9 Å². The molecule has 5 nitrogen and oxygen atoms in total. The molecule has 1 rings (SSSR count). The van der Waals surface area contributed by atoms with E-state index in [0.717, 1.165) is 17.3 Å². The van der Waals surface area contributed by atoms with Crippen molar-refractivity contribution in [3.8, 4) is 0 Å². The second-order valence-corrected chi connectivity index (χ2v) is 4.83. The molecule has 1 N–H and O–H groups in total. The van der Waals surface area contributed by atoms with Gasteiger partial charge in [0, 0.05) is 6.07 Å². The number of thioether (sulfide) groups is 1. The largest absolute Gasteiger partial charge is 0.480 e. The number of carboxylic acid groups (broad SMARTS) is 1. The minimum Gasteiger partial charge on any atom is -0.480 e. The summed E-state index contributed by atoms with van der Waals surface area (Å²) >= 11 is 1.02. The molecule has 92 valence electrons. The van der Waals surface area contributed by atoms with Gasteiger partial charge in [0.25, 0.3) is 5.69 Å². The SMILES string of the molecule is CCC(Sc1cc(C)ccc1[N+](=O)[O-])C(=O)O. The van der Waals surface area contributed by atoms with Crippen molar-refractivity contribution in [1.82, 2.24) is 0 Å². The summed E-state index contributed by atoms with van der Waals surface area (Å²) in [5, 5.41) is 19.1. The van der Waals surface area contributed by atoms with Gasteiger partial charge in [-0.2, -0.15) is 0 Å². The molecule has 0 fully saturated rings. The molecule has 0 saturated carbocycles. The lowest BCUT2D eigenvalue weighted by atomic mass is 10.2. The number of nitrogens with zero attached hydrogens (tertiary/aromatic N) is 1. The first-order valence-electron chi connectivity index (χ1n) is 5.10. The van der Waals surface area contributed by atoms with Crippen LogP contribution in [0.1, 0.15) is 18.9 Å². The zero-order valence-electron chi connectivity index (χ0n) is 9.54. The molecule has 1 aromatic carbocycles. The number of hydrogen-bond donors (Lipinski definition) is 1. The Morgan fingerprint density at radius 1 is 1.59 bits per heavy atom. The first-order valence-corrected chi connectivity index (χ1v) is 5.98. The van der Waals surface area contributed by atoms with Crippen molar-refractivity contribution in [2.24, 2.45) is 0 Å². The Labute approximate surface area is 103 Å². The van der Waals surface area contributed by atoms with Crippen LogP contribution in [0.2, 0.25) is 0 Å². The third-order valence-electron chi connectivity index (χ3n) is 2.23. The molecular formula is C11H13NO4S. The van der Waals surface area contributed by atoms with Gasteiger partial charge in [0.05, 0.1) is 9.82 Å². The maximum absolute atomic E-state index is 10.9. The van der Waals surface area contributed by atoms with Crippen LogP contribution in [0.4, 0.5) is 5.69 Å². The Hall–Kier alpha value is -1.56. The van der Waals surface area contributed by atoms with E-state index in [-0.39, 0.29) is 5.69 Å². The number of aryl methyl sites for hydroxylation is 1. The number of carboxylic acids is 1. The van der Waals surface area contributed by atoms with E-state index in [1.54, 1.807) is 19.1 Å². The fourth-order valence-corrected chi connectivity index (χ4v) is 2.42. The molecular weight excluding hydrogens is 242 g/mol. The zero-order chi connectivity index (χ0) is 13.0. The van der Waals surface area contributed by atoms with Gasteiger partial charge in [-0.15, -0.1) is 11.8 Å². The van der Waals surface area contributed by atoms with E-state index in [9.17, 15) is 14.9 Å². The van der Waals surface area contributed by atoms with E-state index in [4.69, 9.17) is 5.11 Å². The second kappa shape index (κ2) is 5.67. The molecule has 17 heavy (non-hydrogen) atoms. The first kappa shape index (κ1) is 13.5. The van der Waals surface area contributed by atoms with Gasteiger partial charge in [-0.05, 0) is 25.0 Å². The van der Waals surface area contributed by atoms with Crippen molar-refractivity contribution >= 4 is 23.4 Å². The van der Waals surface area contributed by atoms with Crippen molar-refractivity contribution in [1.29, 1.82) is 0 Å². The van der Waals surface area contributed by atoms with Gasteiger partial charge in [0.15, 0.2) is 0 Å². The van der Waals surface area contributed by atoms with E-state index in [2.05, 4.69) is 0 Å². The highest BCUT2D eigenvalue weighted by atomic mass is 32.2. The number of benzene rings is 1. The highest BCUT2D eigenvalue weighted by molar-refractivity contribution is 8.00. The normalized spacial score (nSPS) is 12.1. The molecule has 0 bridgehead atoms. The Bertz CT molecular complexity index is 447. The number of rotatable bonds is 5. The molecule has 1 unspecified atom stereocenters. The molecule has 0 aromatic heterocycles. The lowest BCUT2D eigenvalue weighted by Crippen LogP contribution is -2.15. The number of nitro groups is 1. The molecule has 1 atom stereocenters. The summed E-state index contributed by atoms with van der Waals surface area (Å²) in [4.78, 5) is 21.6. The second-order valence-electron chi connectivity index (χ2n) is 3.58. The van der Waals surface area contributed by atoms with Gasteiger partial charge < -0.3 is 5.11 Å². The number of nitro benzene ring substituents is 1. The molecule has 0 saturated heterocycles. The quantitative estimate of drug-likeness (QED) is 0.497. The standard InChI is InChI=1S/C11H13NO4S/c1-3-9(11(13)14)17-10-6-7(2)4-5-8(10)12(15)16/h4-6,9H,3H2,1-2H3,(H,13,14). The third kappa shape index (κ3) is 3.45. The number of aliphatic carboxylic acids is 1. The molecule has 0 aliphatic heterocycles. The van der Waals surface area contributed by atoms with Gasteiger partial charge >= 0.3 is 5.97 Å². The molecule has 0 aliphatic rings. The van der Waals surface area contributed by atoms with Gasteiger partial charge in [-0.25, -0.2) is 0 Å². The van der Waals surface area contributed by atoms with E-state index in [0.29, 0.717) is 11.3 Å². The smallest absolute Gasteiger partial charge is 0.316 e. The summed E-state index contributed by atoms with van der Waals surface area (Å²) < 4.78 is 0. The van der Waals surface area contributed by atoms with Crippen LogP contribution < -0.4 is 0 Å². The molecule has 1 aromatic rings. The van der Waals surface area contributed by atoms with Crippen molar-refractivity contribution in [3.63, 3.8) is 0 Å². The molecule has 0 aliphatic carbocycles. The predicted molar refractivity (Wildman–Crippen MR) is 65.4 cm³/mol. The van der Waals surface area contributed by atoms with Gasteiger partial charge in [-0.1, -0.05) is 13.0 Å². The summed E-state index contributed by atoms with van der Waals surface area (Å²) in [6.45, 7) is 3.56. The van der Waals surface area contributed by atoms with Gasteiger partial charge in [-0.3, -0.25) is 14.9 Å². The highest BCUT2D eigenvalue weighted by Gasteiger charge is 2.22. The van der Waals surface area contributed by atoms with Crippen LogP contribution in [0.25, 0.3) is 0 Å². The zero-order valence-corrected chi connectivity index (χ0v) is 10.4. The van der Waals surface area contributed by atoms with Crippen molar-refractivity contribution < 1.29 is 14.8 Å². The highest BCUT2D eigenvalue weighted by Crippen LogP contribution is 2.34. The van der Waals surface area contributed by atoms with Crippen LogP contribution in [-0.2, 0) is 4.79 Å². The molecule has 6 heteroatoms. The lowest BCUT2D eigenvalue weighted by Gasteiger charge is -2.10. The summed E-state index contributed by atoms with van der Waals surface area (Å²) in [5.74, 6) is -0.951. The summed E-state index contributed by atoms with van der Waals surface area (Å²) in [5.41, 5.74) is 0.832. The molecule has 0 spiro atoms. The molecule has 0 heterocycles. The third-order valence-corrected chi connectivity index (χ3v) is 3.63. The van der Waals surface area contributed by atoms with Crippen LogP contribution in [-0.4, -0.2) is 21.2 Å². The molecule has 0 amide bonds. The van der Waals surface area contributed by atoms with Crippen LogP contribution in [0.15, 0.2) is 23.1 Å². The number of hydrogen-bond acceptors (Lipinski definition) is 4. The minimum atomic E-state index is -0.951. The van der Waals surface area contributed by atoms with Crippen molar-refractivity contribution in [2.75, 3.05) is 0 Å². The monoisotopic (exact) mass is 255 g/mol. The van der Waals surface area contributed by atoms with Crippen molar-refractivity contribution in [2.45, 2.75) is 30.4 Å². The van der Waals surface area contributed by atoms with Crippen LogP contribution in [0, 0.1) is 17.0 Å². The van der Waals surface area contributed by atoms with E-state index in [1.165, 1.54) is 6.07 Å².